The summed E-state index contributed by atoms with van der Waals surface area (Å²) in [7, 11) is 0. The average Bonchev–Trinajstić information content (AvgIpc) is 2.94. The molecule has 1 saturated heterocycles. The molecular weight excluding hydrogens is 260 g/mol. The Bertz CT molecular complexity index is 472. The van der Waals surface area contributed by atoms with Gasteiger partial charge in [0.25, 0.3) is 0 Å². The maximum atomic E-state index is 5.81. The Morgan fingerprint density at radius 2 is 2.14 bits per heavy atom. The SMILES string of the molecule is CCCC1CCN(CCOc2ccc(C#CCN)cc2)C1. The highest BCUT2D eigenvalue weighted by molar-refractivity contribution is 5.38. The average molecular weight is 286 g/mol. The molecule has 1 aromatic carbocycles. The van der Waals surface area contributed by atoms with Crippen molar-refractivity contribution in [3.8, 4) is 17.6 Å². The Morgan fingerprint density at radius 1 is 1.33 bits per heavy atom. The van der Waals surface area contributed by atoms with Gasteiger partial charge < -0.3 is 10.5 Å². The molecule has 0 aromatic heterocycles. The molecule has 1 heterocycles. The Morgan fingerprint density at radius 3 is 2.86 bits per heavy atom. The van der Waals surface area contributed by atoms with Gasteiger partial charge in [0.05, 0.1) is 6.54 Å². The molecule has 2 rings (SSSR count). The number of hydrogen-bond donors (Lipinski definition) is 1. The molecule has 0 bridgehead atoms. The lowest BCUT2D eigenvalue weighted by atomic mass is 10.0. The molecule has 1 atom stereocenters. The number of rotatable bonds is 6. The first-order chi connectivity index (χ1) is 10.3. The van der Waals surface area contributed by atoms with E-state index in [0.717, 1.165) is 30.4 Å². The fourth-order valence-electron chi connectivity index (χ4n) is 2.84. The van der Waals surface area contributed by atoms with Crippen LogP contribution in [0.25, 0.3) is 0 Å². The van der Waals surface area contributed by atoms with E-state index in [1.165, 1.54) is 32.4 Å². The molecule has 0 aliphatic carbocycles. The molecule has 1 unspecified atom stereocenters. The van der Waals surface area contributed by atoms with Gasteiger partial charge in [-0.1, -0.05) is 25.2 Å². The molecule has 2 N–H and O–H groups in total. The summed E-state index contributed by atoms with van der Waals surface area (Å²) in [6.07, 6.45) is 4.01. The van der Waals surface area contributed by atoms with Gasteiger partial charge in [-0.05, 0) is 49.6 Å². The minimum absolute atomic E-state index is 0.396. The minimum atomic E-state index is 0.396. The molecule has 3 heteroatoms. The Labute approximate surface area is 128 Å². The minimum Gasteiger partial charge on any atom is -0.492 e. The third kappa shape index (κ3) is 5.41. The standard InChI is InChI=1S/C18H26N2O/c1-2-4-17-10-12-20(15-17)13-14-21-18-8-6-16(7-9-18)5-3-11-19/h6-9,17H,2,4,10-15,19H2,1H3. The van der Waals surface area contributed by atoms with Crippen molar-refractivity contribution in [2.24, 2.45) is 11.7 Å². The first kappa shape index (κ1) is 15.9. The van der Waals surface area contributed by atoms with Crippen LogP contribution in [0.4, 0.5) is 0 Å². The molecule has 0 amide bonds. The van der Waals surface area contributed by atoms with Gasteiger partial charge in [0.1, 0.15) is 12.4 Å². The van der Waals surface area contributed by atoms with Crippen molar-refractivity contribution in [3.05, 3.63) is 29.8 Å². The maximum absolute atomic E-state index is 5.81. The quantitative estimate of drug-likeness (QED) is 0.817. The number of hydrogen-bond acceptors (Lipinski definition) is 3. The highest BCUT2D eigenvalue weighted by atomic mass is 16.5. The highest BCUT2D eigenvalue weighted by Crippen LogP contribution is 2.20. The monoisotopic (exact) mass is 286 g/mol. The molecule has 1 aromatic rings. The van der Waals surface area contributed by atoms with Gasteiger partial charge in [-0.15, -0.1) is 0 Å². The van der Waals surface area contributed by atoms with E-state index in [9.17, 15) is 0 Å². The van der Waals surface area contributed by atoms with Crippen molar-refractivity contribution in [2.75, 3.05) is 32.8 Å². The number of benzene rings is 1. The summed E-state index contributed by atoms with van der Waals surface area (Å²) in [6, 6.07) is 7.91. The zero-order valence-corrected chi connectivity index (χ0v) is 13.0. The normalized spacial score (nSPS) is 18.3. The lowest BCUT2D eigenvalue weighted by Crippen LogP contribution is -2.26. The van der Waals surface area contributed by atoms with Gasteiger partial charge >= 0.3 is 0 Å². The lowest BCUT2D eigenvalue weighted by Gasteiger charge is -2.16. The van der Waals surface area contributed by atoms with Crippen LogP contribution in [0.3, 0.4) is 0 Å². The molecule has 0 spiro atoms. The lowest BCUT2D eigenvalue weighted by molar-refractivity contribution is 0.232. The number of ether oxygens (including phenoxy) is 1. The van der Waals surface area contributed by atoms with Crippen LogP contribution in [0.2, 0.25) is 0 Å². The van der Waals surface area contributed by atoms with Crippen LogP contribution in [0.1, 0.15) is 31.7 Å². The second-order valence-electron chi connectivity index (χ2n) is 5.62. The van der Waals surface area contributed by atoms with Gasteiger partial charge in [0.15, 0.2) is 0 Å². The first-order valence-electron chi connectivity index (χ1n) is 7.96. The molecule has 0 saturated carbocycles. The van der Waals surface area contributed by atoms with Gasteiger partial charge in [-0.25, -0.2) is 0 Å². The van der Waals surface area contributed by atoms with E-state index in [2.05, 4.69) is 23.7 Å². The molecule has 114 valence electrons. The Hall–Kier alpha value is -1.50. The second-order valence-corrected chi connectivity index (χ2v) is 5.62. The summed E-state index contributed by atoms with van der Waals surface area (Å²) in [4.78, 5) is 2.52. The van der Waals surface area contributed by atoms with Crippen LogP contribution < -0.4 is 10.5 Å². The van der Waals surface area contributed by atoms with Crippen LogP contribution in [-0.4, -0.2) is 37.7 Å². The molecule has 0 radical (unpaired) electrons. The predicted molar refractivity (Wildman–Crippen MR) is 87.3 cm³/mol. The van der Waals surface area contributed by atoms with Crippen LogP contribution in [0.5, 0.6) is 5.75 Å². The second kappa shape index (κ2) is 8.71. The molecule has 3 nitrogen and oxygen atoms in total. The van der Waals surface area contributed by atoms with E-state index in [1.54, 1.807) is 0 Å². The molecule has 1 aliphatic rings. The number of nitrogens with zero attached hydrogens (tertiary/aromatic N) is 1. The fourth-order valence-corrected chi connectivity index (χ4v) is 2.84. The van der Waals surface area contributed by atoms with E-state index >= 15 is 0 Å². The zero-order valence-electron chi connectivity index (χ0n) is 13.0. The summed E-state index contributed by atoms with van der Waals surface area (Å²) in [5.74, 6) is 7.67. The summed E-state index contributed by atoms with van der Waals surface area (Å²) in [5.41, 5.74) is 6.34. The van der Waals surface area contributed by atoms with E-state index in [-0.39, 0.29) is 0 Å². The number of likely N-dealkylation sites (tertiary alicyclic amines) is 1. The summed E-state index contributed by atoms with van der Waals surface area (Å²) in [5, 5.41) is 0. The van der Waals surface area contributed by atoms with Crippen LogP contribution in [-0.2, 0) is 0 Å². The van der Waals surface area contributed by atoms with Crippen LogP contribution in [0, 0.1) is 17.8 Å². The number of nitrogens with two attached hydrogens (primary N) is 1. The highest BCUT2D eigenvalue weighted by Gasteiger charge is 2.20. The first-order valence-corrected chi connectivity index (χ1v) is 7.96. The predicted octanol–water partition coefficient (Wildman–Crippen LogP) is 2.50. The Kier molecular flexibility index (Phi) is 6.59. The molecule has 1 fully saturated rings. The van der Waals surface area contributed by atoms with E-state index in [0.29, 0.717) is 6.54 Å². The van der Waals surface area contributed by atoms with Gasteiger partial charge in [0, 0.05) is 18.7 Å². The molecule has 21 heavy (non-hydrogen) atoms. The van der Waals surface area contributed by atoms with Crippen molar-refractivity contribution in [1.82, 2.24) is 4.90 Å². The summed E-state index contributed by atoms with van der Waals surface area (Å²) >= 11 is 0. The van der Waals surface area contributed by atoms with Gasteiger partial charge in [-0.3, -0.25) is 4.90 Å². The van der Waals surface area contributed by atoms with Crippen molar-refractivity contribution < 1.29 is 4.74 Å². The van der Waals surface area contributed by atoms with E-state index in [1.807, 2.05) is 24.3 Å². The van der Waals surface area contributed by atoms with E-state index < -0.39 is 0 Å². The smallest absolute Gasteiger partial charge is 0.119 e. The molecular formula is C18H26N2O. The van der Waals surface area contributed by atoms with Crippen LogP contribution in [0.15, 0.2) is 24.3 Å². The third-order valence-electron chi connectivity index (χ3n) is 3.93. The van der Waals surface area contributed by atoms with E-state index in [4.69, 9.17) is 10.5 Å². The fraction of sp³-hybridized carbons (Fsp3) is 0.556. The van der Waals surface area contributed by atoms with Crippen molar-refractivity contribution in [2.45, 2.75) is 26.2 Å². The topological polar surface area (TPSA) is 38.5 Å². The third-order valence-corrected chi connectivity index (χ3v) is 3.93. The van der Waals surface area contributed by atoms with Crippen molar-refractivity contribution in [3.63, 3.8) is 0 Å². The zero-order chi connectivity index (χ0) is 14.9. The van der Waals surface area contributed by atoms with Gasteiger partial charge in [-0.2, -0.15) is 0 Å². The van der Waals surface area contributed by atoms with Crippen molar-refractivity contribution in [1.29, 1.82) is 0 Å². The van der Waals surface area contributed by atoms with Gasteiger partial charge in [0.2, 0.25) is 0 Å². The summed E-state index contributed by atoms with van der Waals surface area (Å²) in [6.45, 7) is 6.91. The maximum Gasteiger partial charge on any atom is 0.119 e. The summed E-state index contributed by atoms with van der Waals surface area (Å²) < 4.78 is 5.81. The Balaban J connectivity index is 1.69. The van der Waals surface area contributed by atoms with Crippen molar-refractivity contribution >= 4 is 0 Å². The van der Waals surface area contributed by atoms with Crippen LogP contribution >= 0.6 is 0 Å². The molecule has 1 aliphatic heterocycles. The largest absolute Gasteiger partial charge is 0.492 e.